The van der Waals surface area contributed by atoms with Gasteiger partial charge < -0.3 is 30.6 Å². The van der Waals surface area contributed by atoms with Crippen molar-refractivity contribution < 1.29 is 54.6 Å². The molecule has 0 spiro atoms. The highest BCUT2D eigenvalue weighted by molar-refractivity contribution is 6.27. The summed E-state index contributed by atoms with van der Waals surface area (Å²) in [6, 6.07) is 0. The second-order valence-electron chi connectivity index (χ2n) is 5.14. The summed E-state index contributed by atoms with van der Waals surface area (Å²) in [5.41, 5.74) is -7.52. The monoisotopic (exact) mass is 318 g/mol. The molecule has 6 atom stereocenters. The topological polar surface area (TPSA) is 207 Å². The number of rotatable bonds is 3. The first kappa shape index (κ1) is 16.0. The van der Waals surface area contributed by atoms with Crippen molar-refractivity contribution in [3.8, 4) is 0 Å². The second-order valence-corrected chi connectivity index (χ2v) is 5.14. The Morgan fingerprint density at radius 3 is 1.82 bits per heavy atom. The molecule has 120 valence electrons. The van der Waals surface area contributed by atoms with E-state index in [1.54, 1.807) is 0 Å². The molecule has 11 heteroatoms. The number of carbonyl (C=O) groups is 5. The molecule has 2 bridgehead atoms. The Kier molecular flexibility index (Phi) is 3.14. The largest absolute Gasteiger partial charge is 0.481 e. The maximum atomic E-state index is 12.1. The van der Waals surface area contributed by atoms with Gasteiger partial charge in [0.2, 0.25) is 5.60 Å². The van der Waals surface area contributed by atoms with Gasteiger partial charge in [0.25, 0.3) is 0 Å². The molecule has 2 aliphatic carbocycles. The summed E-state index contributed by atoms with van der Waals surface area (Å²) >= 11 is 0. The first-order valence-electron chi connectivity index (χ1n) is 5.83. The predicted octanol–water partition coefficient (Wildman–Crippen LogP) is -3.92. The number of hydrogen-bond donors (Lipinski definition) is 6. The number of carbonyl (C=O) groups excluding carboxylic acids is 2. The molecule has 0 aromatic heterocycles. The molecule has 2 rings (SSSR count). The molecule has 11 nitrogen and oxygen atoms in total. The second kappa shape index (κ2) is 4.32. The number of fused-ring (bicyclic) bond motifs is 2. The van der Waals surface area contributed by atoms with Crippen LogP contribution in [-0.4, -0.2) is 77.9 Å². The van der Waals surface area contributed by atoms with Crippen LogP contribution in [0.4, 0.5) is 0 Å². The van der Waals surface area contributed by atoms with Gasteiger partial charge in [0, 0.05) is 0 Å². The minimum absolute atomic E-state index is 1.68. The number of carboxylic acid groups (broad SMARTS) is 3. The highest BCUT2D eigenvalue weighted by Gasteiger charge is 2.85. The molecule has 0 heterocycles. The van der Waals surface area contributed by atoms with E-state index >= 15 is 0 Å². The Morgan fingerprint density at radius 1 is 0.955 bits per heavy atom. The molecule has 22 heavy (non-hydrogen) atoms. The fourth-order valence-corrected chi connectivity index (χ4v) is 3.30. The first-order valence-corrected chi connectivity index (χ1v) is 5.83. The zero-order chi connectivity index (χ0) is 17.2. The Balaban J connectivity index is 2.93. The lowest BCUT2D eigenvalue weighted by atomic mass is 9.57. The summed E-state index contributed by atoms with van der Waals surface area (Å²) in [7, 11) is 0. The normalized spacial score (nSPS) is 44.0. The minimum Gasteiger partial charge on any atom is -0.481 e. The van der Waals surface area contributed by atoms with Gasteiger partial charge in [-0.1, -0.05) is 0 Å². The van der Waals surface area contributed by atoms with E-state index in [1.165, 1.54) is 0 Å². The van der Waals surface area contributed by atoms with E-state index in [1.807, 2.05) is 0 Å². The van der Waals surface area contributed by atoms with Crippen molar-refractivity contribution in [2.45, 2.75) is 17.8 Å². The van der Waals surface area contributed by atoms with Gasteiger partial charge in [-0.25, -0.2) is 4.79 Å². The van der Waals surface area contributed by atoms with Gasteiger partial charge in [-0.15, -0.1) is 0 Å². The lowest BCUT2D eigenvalue weighted by Gasteiger charge is -2.43. The van der Waals surface area contributed by atoms with Crippen LogP contribution in [0.25, 0.3) is 0 Å². The number of aliphatic hydroxyl groups excluding tert-OH is 2. The minimum atomic E-state index is -3.95. The summed E-state index contributed by atoms with van der Waals surface area (Å²) in [5.74, 6) is -15.5. The molecule has 2 aliphatic rings. The van der Waals surface area contributed by atoms with Gasteiger partial charge in [0.15, 0.2) is 22.9 Å². The molecule has 2 fully saturated rings. The molecule has 0 aliphatic heterocycles. The lowest BCUT2D eigenvalue weighted by Crippen LogP contribution is -2.73. The number of ketones is 2. The predicted molar refractivity (Wildman–Crippen MR) is 59.3 cm³/mol. The molecular formula is C11H10O11. The highest BCUT2D eigenvalue weighted by atomic mass is 16.4. The van der Waals surface area contributed by atoms with Crippen molar-refractivity contribution >= 4 is 29.5 Å². The Labute approximate surface area is 120 Å². The molecule has 0 amide bonds. The van der Waals surface area contributed by atoms with Gasteiger partial charge in [0.1, 0.15) is 12.0 Å². The van der Waals surface area contributed by atoms with Crippen molar-refractivity contribution in [2.24, 2.45) is 17.3 Å². The third-order valence-electron chi connectivity index (χ3n) is 4.30. The summed E-state index contributed by atoms with van der Waals surface area (Å²) in [6.07, 6.45) is -5.01. The maximum Gasteiger partial charge on any atom is 0.338 e. The van der Waals surface area contributed by atoms with E-state index in [2.05, 4.69) is 0 Å². The Bertz CT molecular complexity index is 624. The van der Waals surface area contributed by atoms with Crippen molar-refractivity contribution in [3.05, 3.63) is 0 Å². The van der Waals surface area contributed by atoms with Gasteiger partial charge in [-0.3, -0.25) is 19.2 Å². The molecular weight excluding hydrogens is 308 g/mol. The van der Waals surface area contributed by atoms with Crippen LogP contribution in [0.2, 0.25) is 0 Å². The van der Waals surface area contributed by atoms with Crippen molar-refractivity contribution in [1.29, 1.82) is 0 Å². The van der Waals surface area contributed by atoms with E-state index in [9.17, 15) is 44.4 Å². The average Bonchev–Trinajstić information content (AvgIpc) is 2.53. The van der Waals surface area contributed by atoms with Gasteiger partial charge in [-0.05, 0) is 0 Å². The van der Waals surface area contributed by atoms with Crippen LogP contribution in [0.1, 0.15) is 0 Å². The average molecular weight is 318 g/mol. The first-order chi connectivity index (χ1) is 9.97. The molecule has 6 N–H and O–H groups in total. The Morgan fingerprint density at radius 2 is 1.45 bits per heavy atom. The molecule has 0 saturated heterocycles. The third-order valence-corrected chi connectivity index (χ3v) is 4.30. The van der Waals surface area contributed by atoms with Crippen molar-refractivity contribution in [1.82, 2.24) is 0 Å². The number of Topliss-reactive ketones (excluding diaryl/α,β-unsaturated/α-hetero) is 2. The number of hydrogen-bond acceptors (Lipinski definition) is 8. The van der Waals surface area contributed by atoms with Crippen molar-refractivity contribution in [2.75, 3.05) is 0 Å². The smallest absolute Gasteiger partial charge is 0.338 e. The molecule has 6 unspecified atom stereocenters. The highest BCUT2D eigenvalue weighted by Crippen LogP contribution is 2.55. The van der Waals surface area contributed by atoms with E-state index in [-0.39, 0.29) is 0 Å². The van der Waals surface area contributed by atoms with E-state index in [0.29, 0.717) is 0 Å². The quantitative estimate of drug-likeness (QED) is 0.277. The Hall–Kier alpha value is -2.37. The van der Waals surface area contributed by atoms with Crippen LogP contribution in [0.5, 0.6) is 0 Å². The van der Waals surface area contributed by atoms with Gasteiger partial charge in [-0.2, -0.15) is 0 Å². The standard InChI is InChI=1S/C11H10O11/c12-3-1-4(13)6(15)10(5(1)14,8(18)19)11(22,9(20)21)2(3)7(16)17/h1-2,4,6,13,15,22H,(H,16,17)(H,18,19)(H,20,21). The van der Waals surface area contributed by atoms with E-state index in [0.717, 1.165) is 0 Å². The van der Waals surface area contributed by atoms with Crippen LogP contribution in [0.3, 0.4) is 0 Å². The number of aliphatic carboxylic acids is 3. The molecule has 2 saturated carbocycles. The number of carboxylic acids is 3. The maximum absolute atomic E-state index is 12.1. The molecule has 0 aromatic rings. The number of aliphatic hydroxyl groups is 3. The van der Waals surface area contributed by atoms with Crippen LogP contribution >= 0.6 is 0 Å². The van der Waals surface area contributed by atoms with Crippen LogP contribution in [-0.2, 0) is 24.0 Å². The summed E-state index contributed by atoms with van der Waals surface area (Å²) in [4.78, 5) is 58.1. The van der Waals surface area contributed by atoms with Crippen LogP contribution in [0, 0.1) is 17.3 Å². The van der Waals surface area contributed by atoms with Gasteiger partial charge >= 0.3 is 17.9 Å². The fourth-order valence-electron chi connectivity index (χ4n) is 3.30. The fraction of sp³-hybridized carbons (Fsp3) is 0.545. The summed E-state index contributed by atoms with van der Waals surface area (Å²) in [6.45, 7) is 0. The SMILES string of the molecule is O=C(O)C1C(=O)C2C(=O)C(C(=O)O)(C(O)C2O)C1(O)C(=O)O. The summed E-state index contributed by atoms with van der Waals surface area (Å²) < 4.78 is 0. The lowest BCUT2D eigenvalue weighted by molar-refractivity contribution is -0.216. The third kappa shape index (κ3) is 1.33. The van der Waals surface area contributed by atoms with E-state index < -0.39 is 64.5 Å². The van der Waals surface area contributed by atoms with Crippen LogP contribution in [0.15, 0.2) is 0 Å². The zero-order valence-corrected chi connectivity index (χ0v) is 10.5. The molecule has 0 radical (unpaired) electrons. The zero-order valence-electron chi connectivity index (χ0n) is 10.5. The summed E-state index contributed by atoms with van der Waals surface area (Å²) in [5, 5.41) is 57.1. The van der Waals surface area contributed by atoms with Crippen LogP contribution < -0.4 is 0 Å². The van der Waals surface area contributed by atoms with Crippen molar-refractivity contribution in [3.63, 3.8) is 0 Å². The molecule has 0 aromatic carbocycles. The van der Waals surface area contributed by atoms with Gasteiger partial charge in [0.05, 0.1) is 6.10 Å². The van der Waals surface area contributed by atoms with E-state index in [4.69, 9.17) is 10.2 Å².